The molecule has 1 aromatic heterocycles. The third-order valence-electron chi connectivity index (χ3n) is 2.95. The quantitative estimate of drug-likeness (QED) is 0.661. The van der Waals surface area contributed by atoms with Crippen molar-refractivity contribution >= 4 is 46.3 Å². The minimum Gasteiger partial charge on any atom is -0.340 e. The van der Waals surface area contributed by atoms with Gasteiger partial charge < -0.3 is 10.6 Å². The molecule has 0 saturated carbocycles. The Balaban J connectivity index is 1.76. The molecule has 0 amide bonds. The maximum atomic E-state index is 12.9. The second-order valence-corrected chi connectivity index (χ2v) is 5.47. The van der Waals surface area contributed by atoms with Crippen LogP contribution in [-0.2, 0) is 0 Å². The molecule has 4 nitrogen and oxygen atoms in total. The highest BCUT2D eigenvalue weighted by atomic mass is 35.5. The number of aromatic nitrogens is 2. The largest absolute Gasteiger partial charge is 0.340 e. The van der Waals surface area contributed by atoms with E-state index in [1.54, 1.807) is 42.6 Å². The summed E-state index contributed by atoms with van der Waals surface area (Å²) >= 11 is 11.9. The first-order valence-corrected chi connectivity index (χ1v) is 7.43. The molecule has 3 rings (SSSR count). The highest BCUT2D eigenvalue weighted by molar-refractivity contribution is 6.42. The van der Waals surface area contributed by atoms with Crippen LogP contribution in [-0.4, -0.2) is 9.97 Å². The molecule has 0 atom stereocenters. The molecule has 2 N–H and O–H groups in total. The Bertz CT molecular complexity index is 825. The SMILES string of the molecule is Fc1ccc(Nc2nccc(Nc3ccc(Cl)c(Cl)c3)n2)cc1. The Kier molecular flexibility index (Phi) is 4.60. The normalized spacial score (nSPS) is 10.4. The third-order valence-corrected chi connectivity index (χ3v) is 3.69. The zero-order chi connectivity index (χ0) is 16.2. The smallest absolute Gasteiger partial charge is 0.229 e. The van der Waals surface area contributed by atoms with Gasteiger partial charge in [-0.05, 0) is 48.5 Å². The van der Waals surface area contributed by atoms with Gasteiger partial charge in [-0.15, -0.1) is 0 Å². The highest BCUT2D eigenvalue weighted by Crippen LogP contribution is 2.26. The molecule has 0 unspecified atom stereocenters. The summed E-state index contributed by atoms with van der Waals surface area (Å²) in [4.78, 5) is 8.46. The van der Waals surface area contributed by atoms with Crippen LogP contribution in [0, 0.1) is 5.82 Å². The van der Waals surface area contributed by atoms with Crippen molar-refractivity contribution in [1.29, 1.82) is 0 Å². The van der Waals surface area contributed by atoms with Crippen LogP contribution in [0.3, 0.4) is 0 Å². The van der Waals surface area contributed by atoms with Crippen LogP contribution in [0.15, 0.2) is 54.7 Å². The topological polar surface area (TPSA) is 49.8 Å². The van der Waals surface area contributed by atoms with Gasteiger partial charge in [-0.3, -0.25) is 0 Å². The van der Waals surface area contributed by atoms with Crippen LogP contribution in [0.4, 0.5) is 27.5 Å². The number of hydrogen-bond donors (Lipinski definition) is 2. The summed E-state index contributed by atoms with van der Waals surface area (Å²) in [7, 11) is 0. The van der Waals surface area contributed by atoms with Gasteiger partial charge in [-0.25, -0.2) is 9.37 Å². The van der Waals surface area contributed by atoms with E-state index in [2.05, 4.69) is 20.6 Å². The molecule has 0 aliphatic rings. The molecule has 0 radical (unpaired) electrons. The van der Waals surface area contributed by atoms with E-state index < -0.39 is 0 Å². The molecule has 0 bridgehead atoms. The van der Waals surface area contributed by atoms with E-state index in [0.717, 1.165) is 5.69 Å². The summed E-state index contributed by atoms with van der Waals surface area (Å²) in [6.45, 7) is 0. The van der Waals surface area contributed by atoms with E-state index in [1.165, 1.54) is 12.1 Å². The van der Waals surface area contributed by atoms with Gasteiger partial charge >= 0.3 is 0 Å². The molecule has 3 aromatic rings. The summed E-state index contributed by atoms with van der Waals surface area (Å²) in [5.41, 5.74) is 1.45. The van der Waals surface area contributed by atoms with Gasteiger partial charge in [0.25, 0.3) is 0 Å². The number of halogens is 3. The first-order valence-electron chi connectivity index (χ1n) is 6.68. The number of nitrogens with one attached hydrogen (secondary N) is 2. The summed E-state index contributed by atoms with van der Waals surface area (Å²) in [6.07, 6.45) is 1.61. The summed E-state index contributed by atoms with van der Waals surface area (Å²) in [5, 5.41) is 7.05. The zero-order valence-corrected chi connectivity index (χ0v) is 13.2. The van der Waals surface area contributed by atoms with Crippen molar-refractivity contribution in [1.82, 2.24) is 9.97 Å². The Labute approximate surface area is 142 Å². The van der Waals surface area contributed by atoms with Gasteiger partial charge in [-0.2, -0.15) is 4.98 Å². The van der Waals surface area contributed by atoms with E-state index in [4.69, 9.17) is 23.2 Å². The van der Waals surface area contributed by atoms with Gasteiger partial charge in [0.05, 0.1) is 10.0 Å². The van der Waals surface area contributed by atoms with Crippen molar-refractivity contribution in [3.63, 3.8) is 0 Å². The van der Waals surface area contributed by atoms with Crippen LogP contribution >= 0.6 is 23.2 Å². The van der Waals surface area contributed by atoms with Crippen molar-refractivity contribution in [2.24, 2.45) is 0 Å². The van der Waals surface area contributed by atoms with Gasteiger partial charge in [0.2, 0.25) is 5.95 Å². The summed E-state index contributed by atoms with van der Waals surface area (Å²) in [6, 6.07) is 12.9. The lowest BCUT2D eigenvalue weighted by atomic mass is 10.3. The highest BCUT2D eigenvalue weighted by Gasteiger charge is 2.03. The lowest BCUT2D eigenvalue weighted by Gasteiger charge is -2.09. The average Bonchev–Trinajstić information content (AvgIpc) is 2.54. The molecular weight excluding hydrogens is 338 g/mol. The average molecular weight is 349 g/mol. The van der Waals surface area contributed by atoms with Gasteiger partial charge in [0.1, 0.15) is 11.6 Å². The summed E-state index contributed by atoms with van der Waals surface area (Å²) in [5.74, 6) is 0.677. The van der Waals surface area contributed by atoms with Crippen molar-refractivity contribution in [3.8, 4) is 0 Å². The number of anilines is 4. The van der Waals surface area contributed by atoms with E-state index in [9.17, 15) is 4.39 Å². The molecule has 0 spiro atoms. The molecule has 116 valence electrons. The monoisotopic (exact) mass is 348 g/mol. The third kappa shape index (κ3) is 4.09. The molecule has 2 aromatic carbocycles. The first kappa shape index (κ1) is 15.5. The lowest BCUT2D eigenvalue weighted by Crippen LogP contribution is -2.00. The molecule has 23 heavy (non-hydrogen) atoms. The fraction of sp³-hybridized carbons (Fsp3) is 0. The Hall–Kier alpha value is -2.37. The Morgan fingerprint density at radius 1 is 0.826 bits per heavy atom. The van der Waals surface area contributed by atoms with Crippen LogP contribution < -0.4 is 10.6 Å². The van der Waals surface area contributed by atoms with Crippen LogP contribution in [0.25, 0.3) is 0 Å². The van der Waals surface area contributed by atoms with Gasteiger partial charge in [0, 0.05) is 17.6 Å². The predicted octanol–water partition coefficient (Wildman–Crippen LogP) is 5.41. The minimum absolute atomic E-state index is 0.300. The van der Waals surface area contributed by atoms with Crippen LogP contribution in [0.1, 0.15) is 0 Å². The van der Waals surface area contributed by atoms with Crippen LogP contribution in [0.2, 0.25) is 10.0 Å². The molecule has 1 heterocycles. The van der Waals surface area contributed by atoms with E-state index in [0.29, 0.717) is 27.5 Å². The van der Waals surface area contributed by atoms with Crippen molar-refractivity contribution < 1.29 is 4.39 Å². The second kappa shape index (κ2) is 6.81. The Morgan fingerprint density at radius 2 is 1.57 bits per heavy atom. The maximum Gasteiger partial charge on any atom is 0.229 e. The standard InChI is InChI=1S/C16H11Cl2FN4/c17-13-6-5-12(9-14(13)18)21-15-7-8-20-16(23-15)22-11-3-1-10(19)2-4-11/h1-9H,(H2,20,21,22,23). The van der Waals surface area contributed by atoms with Gasteiger partial charge in [-0.1, -0.05) is 23.2 Å². The van der Waals surface area contributed by atoms with E-state index in [-0.39, 0.29) is 5.82 Å². The van der Waals surface area contributed by atoms with Crippen molar-refractivity contribution in [2.75, 3.05) is 10.6 Å². The van der Waals surface area contributed by atoms with Crippen LogP contribution in [0.5, 0.6) is 0 Å². The van der Waals surface area contributed by atoms with Crippen molar-refractivity contribution in [2.45, 2.75) is 0 Å². The molecule has 0 fully saturated rings. The fourth-order valence-corrected chi connectivity index (χ4v) is 2.17. The zero-order valence-electron chi connectivity index (χ0n) is 11.7. The van der Waals surface area contributed by atoms with Crippen molar-refractivity contribution in [3.05, 3.63) is 70.6 Å². The fourth-order valence-electron chi connectivity index (χ4n) is 1.87. The summed E-state index contributed by atoms with van der Waals surface area (Å²) < 4.78 is 12.9. The van der Waals surface area contributed by atoms with E-state index >= 15 is 0 Å². The molecule has 0 aliphatic heterocycles. The molecule has 0 aliphatic carbocycles. The molecular formula is C16H11Cl2FN4. The maximum absolute atomic E-state index is 12.9. The lowest BCUT2D eigenvalue weighted by molar-refractivity contribution is 0.628. The minimum atomic E-state index is -0.300. The second-order valence-electron chi connectivity index (χ2n) is 4.65. The number of hydrogen-bond acceptors (Lipinski definition) is 4. The first-order chi connectivity index (χ1) is 11.1. The van der Waals surface area contributed by atoms with Gasteiger partial charge in [0.15, 0.2) is 0 Å². The number of rotatable bonds is 4. The number of benzene rings is 2. The van der Waals surface area contributed by atoms with E-state index in [1.807, 2.05) is 0 Å². The molecule has 0 saturated heterocycles. The molecule has 7 heteroatoms. The number of nitrogens with zero attached hydrogens (tertiary/aromatic N) is 2. The Morgan fingerprint density at radius 3 is 2.30 bits per heavy atom. The predicted molar refractivity (Wildman–Crippen MR) is 91.5 cm³/mol.